The molecule has 0 aliphatic rings. The molecule has 0 aliphatic heterocycles. The average Bonchev–Trinajstić information content (AvgIpc) is 2.73. The van der Waals surface area contributed by atoms with E-state index in [9.17, 15) is 18.0 Å². The van der Waals surface area contributed by atoms with Crippen LogP contribution >= 0.6 is 0 Å². The lowest BCUT2D eigenvalue weighted by Crippen LogP contribution is -2.30. The predicted molar refractivity (Wildman–Crippen MR) is 107 cm³/mol. The molecule has 0 bridgehead atoms. The highest BCUT2D eigenvalue weighted by Gasteiger charge is 2.25. The molecule has 1 unspecified atom stereocenters. The standard InChI is InChI=1S/C20H23NO7S/c1-5-29(24,25)18-9-7-6-8-15(18)20(23)28-13(2)19(22)21-16-12-14(26-3)10-11-17(16)27-4/h6-13H,5H2,1-4H3,(H,21,22). The van der Waals surface area contributed by atoms with E-state index in [0.29, 0.717) is 17.2 Å². The Kier molecular flexibility index (Phi) is 7.22. The molecular formula is C20H23NO7S. The third kappa shape index (κ3) is 5.26. The van der Waals surface area contributed by atoms with Crippen molar-refractivity contribution in [2.75, 3.05) is 25.3 Å². The Morgan fingerprint density at radius 2 is 1.76 bits per heavy atom. The van der Waals surface area contributed by atoms with Crippen molar-refractivity contribution >= 4 is 27.4 Å². The van der Waals surface area contributed by atoms with E-state index in [1.165, 1.54) is 52.3 Å². The number of esters is 1. The van der Waals surface area contributed by atoms with Crippen molar-refractivity contribution in [1.29, 1.82) is 0 Å². The molecule has 0 aromatic heterocycles. The van der Waals surface area contributed by atoms with Crippen LogP contribution in [0.2, 0.25) is 0 Å². The molecule has 2 aromatic rings. The summed E-state index contributed by atoms with van der Waals surface area (Å²) in [4.78, 5) is 24.9. The number of carbonyl (C=O) groups is 2. The minimum atomic E-state index is -3.63. The summed E-state index contributed by atoms with van der Waals surface area (Å²) >= 11 is 0. The maximum Gasteiger partial charge on any atom is 0.340 e. The molecule has 0 spiro atoms. The Balaban J connectivity index is 2.18. The highest BCUT2D eigenvalue weighted by Crippen LogP contribution is 2.29. The van der Waals surface area contributed by atoms with Gasteiger partial charge in [0.25, 0.3) is 5.91 Å². The largest absolute Gasteiger partial charge is 0.497 e. The van der Waals surface area contributed by atoms with Gasteiger partial charge in [0.05, 0.1) is 36.1 Å². The van der Waals surface area contributed by atoms with Gasteiger partial charge in [0.1, 0.15) is 11.5 Å². The van der Waals surface area contributed by atoms with Gasteiger partial charge < -0.3 is 19.5 Å². The second kappa shape index (κ2) is 9.42. The molecule has 156 valence electrons. The maximum atomic E-state index is 12.5. The number of methoxy groups -OCH3 is 2. The lowest BCUT2D eigenvalue weighted by molar-refractivity contribution is -0.123. The molecule has 8 nitrogen and oxygen atoms in total. The summed E-state index contributed by atoms with van der Waals surface area (Å²) in [6.07, 6.45) is -1.18. The van der Waals surface area contributed by atoms with Crippen molar-refractivity contribution in [1.82, 2.24) is 0 Å². The van der Waals surface area contributed by atoms with Gasteiger partial charge in [-0.25, -0.2) is 13.2 Å². The van der Waals surface area contributed by atoms with E-state index in [4.69, 9.17) is 14.2 Å². The first kappa shape index (κ1) is 22.2. The fraction of sp³-hybridized carbons (Fsp3) is 0.300. The normalized spacial score (nSPS) is 12.0. The van der Waals surface area contributed by atoms with Crippen molar-refractivity contribution < 1.29 is 32.2 Å². The Hall–Kier alpha value is -3.07. The van der Waals surface area contributed by atoms with E-state index in [-0.39, 0.29) is 16.2 Å². The van der Waals surface area contributed by atoms with E-state index in [1.807, 2.05) is 0 Å². The maximum absolute atomic E-state index is 12.5. The number of amides is 1. The highest BCUT2D eigenvalue weighted by molar-refractivity contribution is 7.91. The van der Waals surface area contributed by atoms with Crippen molar-refractivity contribution in [2.45, 2.75) is 24.8 Å². The number of rotatable bonds is 8. The Labute approximate surface area is 169 Å². The Morgan fingerprint density at radius 3 is 2.38 bits per heavy atom. The molecule has 29 heavy (non-hydrogen) atoms. The van der Waals surface area contributed by atoms with Gasteiger partial charge in [-0.1, -0.05) is 19.1 Å². The SMILES string of the molecule is CCS(=O)(=O)c1ccccc1C(=O)OC(C)C(=O)Nc1cc(OC)ccc1OC. The number of anilines is 1. The number of ether oxygens (including phenoxy) is 3. The van der Waals surface area contributed by atoms with Crippen LogP contribution < -0.4 is 14.8 Å². The second-order valence-electron chi connectivity index (χ2n) is 6.00. The summed E-state index contributed by atoms with van der Waals surface area (Å²) < 4.78 is 39.9. The Bertz CT molecular complexity index is 1000. The van der Waals surface area contributed by atoms with E-state index in [0.717, 1.165) is 0 Å². The quantitative estimate of drug-likeness (QED) is 0.653. The lowest BCUT2D eigenvalue weighted by Gasteiger charge is -2.16. The molecule has 1 amide bonds. The molecule has 2 rings (SSSR count). The molecule has 0 radical (unpaired) electrons. The smallest absolute Gasteiger partial charge is 0.340 e. The van der Waals surface area contributed by atoms with Gasteiger partial charge in [0.2, 0.25) is 0 Å². The molecule has 0 saturated heterocycles. The first-order valence-corrected chi connectivity index (χ1v) is 10.4. The molecule has 1 atom stereocenters. The molecular weight excluding hydrogens is 398 g/mol. The van der Waals surface area contributed by atoms with Gasteiger partial charge in [0.15, 0.2) is 15.9 Å². The zero-order chi connectivity index (χ0) is 21.6. The average molecular weight is 421 g/mol. The van der Waals surface area contributed by atoms with Crippen LogP contribution in [0.4, 0.5) is 5.69 Å². The van der Waals surface area contributed by atoms with Gasteiger partial charge in [0, 0.05) is 6.07 Å². The summed E-state index contributed by atoms with van der Waals surface area (Å²) in [5.74, 6) is -0.775. The number of nitrogens with one attached hydrogen (secondary N) is 1. The van der Waals surface area contributed by atoms with Crippen LogP contribution in [-0.4, -0.2) is 46.4 Å². The van der Waals surface area contributed by atoms with Crippen LogP contribution in [0.3, 0.4) is 0 Å². The van der Waals surface area contributed by atoms with Crippen LogP contribution in [0.1, 0.15) is 24.2 Å². The Morgan fingerprint density at radius 1 is 1.07 bits per heavy atom. The minimum absolute atomic E-state index is 0.118. The predicted octanol–water partition coefficient (Wildman–Crippen LogP) is 2.68. The van der Waals surface area contributed by atoms with Crippen LogP contribution in [0.15, 0.2) is 47.4 Å². The van der Waals surface area contributed by atoms with Crippen LogP contribution in [0, 0.1) is 0 Å². The van der Waals surface area contributed by atoms with Gasteiger partial charge in [-0.15, -0.1) is 0 Å². The third-order valence-corrected chi connectivity index (χ3v) is 5.93. The fourth-order valence-corrected chi connectivity index (χ4v) is 3.57. The van der Waals surface area contributed by atoms with E-state index >= 15 is 0 Å². The summed E-state index contributed by atoms with van der Waals surface area (Å²) in [6.45, 7) is 2.87. The van der Waals surface area contributed by atoms with Crippen molar-refractivity contribution in [2.24, 2.45) is 0 Å². The lowest BCUT2D eigenvalue weighted by atomic mass is 10.2. The summed E-state index contributed by atoms with van der Waals surface area (Å²) in [5, 5.41) is 2.61. The first-order valence-electron chi connectivity index (χ1n) is 8.79. The highest BCUT2D eigenvalue weighted by atomic mass is 32.2. The minimum Gasteiger partial charge on any atom is -0.497 e. The van der Waals surface area contributed by atoms with Crippen LogP contribution in [0.25, 0.3) is 0 Å². The van der Waals surface area contributed by atoms with E-state index in [2.05, 4.69) is 5.32 Å². The summed E-state index contributed by atoms with van der Waals surface area (Å²) in [5.41, 5.74) is 0.224. The molecule has 0 fully saturated rings. The molecule has 1 N–H and O–H groups in total. The number of hydrogen-bond acceptors (Lipinski definition) is 7. The van der Waals surface area contributed by atoms with Crippen LogP contribution in [-0.2, 0) is 19.4 Å². The van der Waals surface area contributed by atoms with Crippen LogP contribution in [0.5, 0.6) is 11.5 Å². The van der Waals surface area contributed by atoms with Gasteiger partial charge in [-0.05, 0) is 31.2 Å². The number of benzene rings is 2. The van der Waals surface area contributed by atoms with Gasteiger partial charge in [-0.2, -0.15) is 0 Å². The number of carbonyl (C=O) groups excluding carboxylic acids is 2. The zero-order valence-electron chi connectivity index (χ0n) is 16.6. The summed E-state index contributed by atoms with van der Waals surface area (Å²) in [6, 6.07) is 10.6. The van der Waals surface area contributed by atoms with Crippen molar-refractivity contribution in [3.05, 3.63) is 48.0 Å². The van der Waals surface area contributed by atoms with Crippen molar-refractivity contribution in [3.8, 4) is 11.5 Å². The molecule has 2 aromatic carbocycles. The molecule has 9 heteroatoms. The third-order valence-electron chi connectivity index (χ3n) is 4.14. The van der Waals surface area contributed by atoms with E-state index < -0.39 is 27.8 Å². The fourth-order valence-electron chi connectivity index (χ4n) is 2.49. The monoisotopic (exact) mass is 421 g/mol. The van der Waals surface area contributed by atoms with E-state index in [1.54, 1.807) is 18.2 Å². The zero-order valence-corrected chi connectivity index (χ0v) is 17.4. The van der Waals surface area contributed by atoms with Crippen molar-refractivity contribution in [3.63, 3.8) is 0 Å². The summed E-state index contributed by atoms with van der Waals surface area (Å²) in [7, 11) is -0.691. The topological polar surface area (TPSA) is 108 Å². The molecule has 0 aliphatic carbocycles. The molecule has 0 heterocycles. The number of sulfone groups is 1. The number of hydrogen-bond donors (Lipinski definition) is 1. The van der Waals surface area contributed by atoms with Gasteiger partial charge in [-0.3, -0.25) is 4.79 Å². The second-order valence-corrected chi connectivity index (χ2v) is 8.25. The first-order chi connectivity index (χ1) is 13.7. The molecule has 0 saturated carbocycles. The van der Waals surface area contributed by atoms with Gasteiger partial charge >= 0.3 is 5.97 Å².